The minimum absolute atomic E-state index is 0.00149. The number of carbonyl (C=O) groups is 2. The van der Waals surface area contributed by atoms with Gasteiger partial charge in [0.1, 0.15) is 5.82 Å². The lowest BCUT2D eigenvalue weighted by molar-refractivity contribution is 0.0643. The minimum atomic E-state index is -1.38. The van der Waals surface area contributed by atoms with E-state index < -0.39 is 29.8 Å². The average molecular weight is 405 g/mol. The summed E-state index contributed by atoms with van der Waals surface area (Å²) in [5, 5.41) is 18.4. The Labute approximate surface area is 163 Å². The number of aromatic nitrogens is 2. The van der Waals surface area contributed by atoms with E-state index in [9.17, 15) is 14.0 Å². The molecule has 144 valence electrons. The van der Waals surface area contributed by atoms with Crippen molar-refractivity contribution in [1.82, 2.24) is 15.5 Å². The van der Waals surface area contributed by atoms with Crippen LogP contribution in [0, 0.1) is 5.82 Å². The zero-order valence-electron chi connectivity index (χ0n) is 14.2. The molecule has 0 spiro atoms. The van der Waals surface area contributed by atoms with E-state index in [1.54, 1.807) is 24.3 Å². The van der Waals surface area contributed by atoms with Gasteiger partial charge in [-0.1, -0.05) is 28.9 Å². The van der Waals surface area contributed by atoms with Gasteiger partial charge in [-0.25, -0.2) is 14.0 Å². The summed E-state index contributed by atoms with van der Waals surface area (Å²) < 4.78 is 17.7. The van der Waals surface area contributed by atoms with Gasteiger partial charge < -0.3 is 20.3 Å². The third-order valence-corrected chi connectivity index (χ3v) is 3.95. The molecule has 0 aliphatic carbocycles. The molecule has 0 bridgehead atoms. The van der Waals surface area contributed by atoms with Crippen LogP contribution in [0.1, 0.15) is 28.1 Å². The Balaban J connectivity index is 1.77. The first-order valence-corrected chi connectivity index (χ1v) is 8.43. The summed E-state index contributed by atoms with van der Waals surface area (Å²) in [5.74, 6) is -2.39. The molecule has 1 aromatic heterocycles. The number of nitrogens with zero attached hydrogens (tertiary/aromatic N) is 2. The largest absolute Gasteiger partial charge is 0.474 e. The van der Waals surface area contributed by atoms with Gasteiger partial charge in [0, 0.05) is 17.1 Å². The number of aromatic carboxylic acids is 1. The number of hydrogen-bond donors (Lipinski definition) is 3. The van der Waals surface area contributed by atoms with E-state index in [4.69, 9.17) is 16.7 Å². The summed E-state index contributed by atoms with van der Waals surface area (Å²) in [7, 11) is 0. The van der Waals surface area contributed by atoms with Crippen LogP contribution in [0.25, 0.3) is 0 Å². The Kier molecular flexibility index (Phi) is 5.85. The van der Waals surface area contributed by atoms with Crippen LogP contribution in [-0.4, -0.2) is 27.2 Å². The smallest absolute Gasteiger partial charge is 0.394 e. The van der Waals surface area contributed by atoms with Crippen molar-refractivity contribution in [2.24, 2.45) is 0 Å². The molecule has 2 amide bonds. The number of urea groups is 1. The molecule has 0 saturated carbocycles. The van der Waals surface area contributed by atoms with Crippen molar-refractivity contribution in [3.63, 3.8) is 0 Å². The lowest BCUT2D eigenvalue weighted by atomic mass is 10.1. The Morgan fingerprint density at radius 3 is 2.43 bits per heavy atom. The van der Waals surface area contributed by atoms with Gasteiger partial charge >= 0.3 is 17.9 Å². The maximum Gasteiger partial charge on any atom is 0.394 e. The molecule has 8 nitrogen and oxygen atoms in total. The highest BCUT2D eigenvalue weighted by Gasteiger charge is 2.23. The number of rotatable bonds is 6. The first kappa shape index (κ1) is 19.3. The van der Waals surface area contributed by atoms with Crippen LogP contribution < -0.4 is 10.6 Å². The van der Waals surface area contributed by atoms with Crippen LogP contribution in [-0.2, 0) is 6.42 Å². The van der Waals surface area contributed by atoms with Crippen LogP contribution in [0.2, 0.25) is 5.02 Å². The molecule has 0 aliphatic heterocycles. The van der Waals surface area contributed by atoms with Crippen molar-refractivity contribution < 1.29 is 23.6 Å². The van der Waals surface area contributed by atoms with Gasteiger partial charge in [0.25, 0.3) is 0 Å². The number of amides is 2. The van der Waals surface area contributed by atoms with E-state index in [-0.39, 0.29) is 12.2 Å². The molecule has 0 saturated heterocycles. The summed E-state index contributed by atoms with van der Waals surface area (Å²) in [5.41, 5.74) is 1.18. The highest BCUT2D eigenvalue weighted by molar-refractivity contribution is 6.30. The highest BCUT2D eigenvalue weighted by Crippen LogP contribution is 2.19. The van der Waals surface area contributed by atoms with Crippen molar-refractivity contribution in [1.29, 1.82) is 0 Å². The maximum absolute atomic E-state index is 13.0. The number of hydrogen-bond acceptors (Lipinski definition) is 5. The quantitative estimate of drug-likeness (QED) is 0.577. The molecule has 2 aromatic carbocycles. The average Bonchev–Trinajstić information content (AvgIpc) is 3.15. The lowest BCUT2D eigenvalue weighted by Crippen LogP contribution is -2.34. The minimum Gasteiger partial charge on any atom is -0.474 e. The van der Waals surface area contributed by atoms with Gasteiger partial charge in [0.05, 0.1) is 6.04 Å². The fourth-order valence-electron chi connectivity index (χ4n) is 2.38. The lowest BCUT2D eigenvalue weighted by Gasteiger charge is -2.16. The molecule has 0 radical (unpaired) electrons. The van der Waals surface area contributed by atoms with E-state index in [2.05, 4.69) is 25.3 Å². The molecule has 3 N–H and O–H groups in total. The van der Waals surface area contributed by atoms with Gasteiger partial charge in [-0.3, -0.25) is 0 Å². The first-order chi connectivity index (χ1) is 13.4. The third kappa shape index (κ3) is 5.04. The fourth-order valence-corrected chi connectivity index (χ4v) is 2.51. The van der Waals surface area contributed by atoms with E-state index in [1.807, 2.05) is 0 Å². The van der Waals surface area contributed by atoms with Crippen molar-refractivity contribution in [3.05, 3.63) is 76.6 Å². The standard InChI is InChI=1S/C18H14ClFN4O4/c19-11-3-1-10(2-4-11)9-14(15-23-16(17(25)26)28-24-15)22-18(27)21-13-7-5-12(20)6-8-13/h1-8,14H,9H2,(H,25,26)(H2,21,22,27)/t14-/m0/s1. The third-order valence-electron chi connectivity index (χ3n) is 3.70. The summed E-state index contributed by atoms with van der Waals surface area (Å²) in [6.07, 6.45) is 0.257. The highest BCUT2D eigenvalue weighted by atomic mass is 35.5. The SMILES string of the molecule is O=C(Nc1ccc(F)cc1)N[C@@H](Cc1ccc(Cl)cc1)c1noc(C(=O)O)n1. The molecule has 28 heavy (non-hydrogen) atoms. The van der Waals surface area contributed by atoms with Crippen molar-refractivity contribution in [2.45, 2.75) is 12.5 Å². The van der Waals surface area contributed by atoms with Crippen LogP contribution in [0.4, 0.5) is 14.9 Å². The topological polar surface area (TPSA) is 117 Å². The van der Waals surface area contributed by atoms with Gasteiger partial charge in [0.15, 0.2) is 5.82 Å². The summed E-state index contributed by atoms with van der Waals surface area (Å²) in [6.45, 7) is 0. The van der Waals surface area contributed by atoms with Crippen molar-refractivity contribution in [3.8, 4) is 0 Å². The Bertz CT molecular complexity index is 976. The Morgan fingerprint density at radius 1 is 1.14 bits per heavy atom. The number of nitrogens with one attached hydrogen (secondary N) is 2. The molecule has 0 aliphatic rings. The second-order valence-electron chi connectivity index (χ2n) is 5.75. The van der Waals surface area contributed by atoms with E-state index >= 15 is 0 Å². The summed E-state index contributed by atoms with van der Waals surface area (Å²) in [4.78, 5) is 27.1. The van der Waals surface area contributed by atoms with Gasteiger partial charge in [-0.15, -0.1) is 0 Å². The summed E-state index contributed by atoms with van der Waals surface area (Å²) in [6, 6.07) is 10.7. The van der Waals surface area contributed by atoms with E-state index in [0.29, 0.717) is 10.7 Å². The molecule has 3 aromatic rings. The number of carboxylic acids is 1. The Morgan fingerprint density at radius 2 is 1.82 bits per heavy atom. The molecule has 0 unspecified atom stereocenters. The van der Waals surface area contributed by atoms with Gasteiger partial charge in [0.2, 0.25) is 0 Å². The molecule has 1 heterocycles. The Hall–Kier alpha value is -3.46. The van der Waals surface area contributed by atoms with Crippen molar-refractivity contribution >= 4 is 29.3 Å². The molecule has 0 fully saturated rings. The first-order valence-electron chi connectivity index (χ1n) is 8.05. The predicted octanol–water partition coefficient (Wildman–Crippen LogP) is 3.67. The zero-order chi connectivity index (χ0) is 20.1. The van der Waals surface area contributed by atoms with Crippen LogP contribution in [0.15, 0.2) is 53.1 Å². The van der Waals surface area contributed by atoms with Crippen LogP contribution in [0.5, 0.6) is 0 Å². The van der Waals surface area contributed by atoms with Crippen molar-refractivity contribution in [2.75, 3.05) is 5.32 Å². The fraction of sp³-hybridized carbons (Fsp3) is 0.111. The predicted molar refractivity (Wildman–Crippen MR) is 97.7 cm³/mol. The van der Waals surface area contributed by atoms with Gasteiger partial charge in [-0.2, -0.15) is 4.98 Å². The number of benzene rings is 2. The zero-order valence-corrected chi connectivity index (χ0v) is 15.0. The number of carboxylic acid groups (broad SMARTS) is 1. The molecular formula is C18H14ClFN4O4. The maximum atomic E-state index is 13.0. The normalized spacial score (nSPS) is 11.6. The molecular weight excluding hydrogens is 391 g/mol. The van der Waals surface area contributed by atoms with E-state index in [0.717, 1.165) is 5.56 Å². The van der Waals surface area contributed by atoms with Crippen LogP contribution in [0.3, 0.4) is 0 Å². The van der Waals surface area contributed by atoms with E-state index in [1.165, 1.54) is 24.3 Å². The monoisotopic (exact) mass is 404 g/mol. The molecule has 10 heteroatoms. The summed E-state index contributed by atoms with van der Waals surface area (Å²) >= 11 is 5.88. The second kappa shape index (κ2) is 8.49. The number of carbonyl (C=O) groups excluding carboxylic acids is 1. The second-order valence-corrected chi connectivity index (χ2v) is 6.19. The van der Waals surface area contributed by atoms with Crippen LogP contribution >= 0.6 is 11.6 Å². The number of halogens is 2. The number of anilines is 1. The molecule has 1 atom stereocenters. The molecule has 3 rings (SSSR count). The van der Waals surface area contributed by atoms with Gasteiger partial charge in [-0.05, 0) is 42.0 Å².